The molecule has 1 aromatic carbocycles. The first-order valence-corrected chi connectivity index (χ1v) is 6.97. The van der Waals surface area contributed by atoms with Crippen LogP contribution in [0.25, 0.3) is 0 Å². The number of hydrogen-bond donors (Lipinski definition) is 2. The zero-order valence-corrected chi connectivity index (χ0v) is 12.1. The Hall–Kier alpha value is -2.18. The topological polar surface area (TPSA) is 75.6 Å². The molecule has 7 heteroatoms. The molecule has 0 spiro atoms. The van der Waals surface area contributed by atoms with Gasteiger partial charge >= 0.3 is 5.97 Å². The lowest BCUT2D eigenvalue weighted by molar-refractivity contribution is -0.141. The second-order valence-corrected chi connectivity index (χ2v) is 5.53. The Morgan fingerprint density at radius 1 is 1.36 bits per heavy atom. The van der Waals surface area contributed by atoms with Crippen molar-refractivity contribution in [2.45, 2.75) is 44.2 Å². The lowest BCUT2D eigenvalue weighted by Crippen LogP contribution is -2.57. The quantitative estimate of drug-likeness (QED) is 0.844. The number of halogens is 2. The van der Waals surface area contributed by atoms with Gasteiger partial charge in [-0.05, 0) is 38.3 Å². The van der Waals surface area contributed by atoms with Gasteiger partial charge in [0.2, 0.25) is 0 Å². The maximum absolute atomic E-state index is 13.1. The highest BCUT2D eigenvalue weighted by molar-refractivity contribution is 5.82. The maximum Gasteiger partial charge on any atom is 0.305 e. The Labute approximate surface area is 126 Å². The van der Waals surface area contributed by atoms with Gasteiger partial charge in [0.25, 0.3) is 5.91 Å². The van der Waals surface area contributed by atoms with Gasteiger partial charge < -0.3 is 15.2 Å². The summed E-state index contributed by atoms with van der Waals surface area (Å²) in [4.78, 5) is 23.0. The molecule has 1 aromatic rings. The van der Waals surface area contributed by atoms with Crippen LogP contribution in [0.5, 0.6) is 5.75 Å². The molecule has 1 fully saturated rings. The average molecular weight is 313 g/mol. The van der Waals surface area contributed by atoms with Crippen LogP contribution in [-0.4, -0.2) is 28.6 Å². The van der Waals surface area contributed by atoms with Crippen LogP contribution in [0.1, 0.15) is 32.6 Å². The molecule has 1 aliphatic carbocycles. The lowest BCUT2D eigenvalue weighted by Gasteiger charge is -2.42. The minimum Gasteiger partial charge on any atom is -0.481 e. The fourth-order valence-electron chi connectivity index (χ4n) is 2.41. The zero-order chi connectivity index (χ0) is 16.3. The molecule has 22 heavy (non-hydrogen) atoms. The van der Waals surface area contributed by atoms with Crippen molar-refractivity contribution in [3.63, 3.8) is 0 Å². The Bertz CT molecular complexity index is 587. The Kier molecular flexibility index (Phi) is 4.63. The van der Waals surface area contributed by atoms with E-state index in [0.29, 0.717) is 12.8 Å². The summed E-state index contributed by atoms with van der Waals surface area (Å²) in [5, 5.41) is 11.6. The molecule has 0 aromatic heterocycles. The number of carboxylic acids is 1. The van der Waals surface area contributed by atoms with E-state index in [9.17, 15) is 18.4 Å². The Morgan fingerprint density at radius 2 is 2.05 bits per heavy atom. The molecule has 2 rings (SSSR count). The van der Waals surface area contributed by atoms with Crippen molar-refractivity contribution in [2.75, 3.05) is 0 Å². The molecule has 0 radical (unpaired) electrons. The summed E-state index contributed by atoms with van der Waals surface area (Å²) < 4.78 is 31.2. The van der Waals surface area contributed by atoms with Crippen molar-refractivity contribution in [1.29, 1.82) is 0 Å². The highest BCUT2D eigenvalue weighted by atomic mass is 19.2. The molecule has 120 valence electrons. The number of carbonyl (C=O) groups excluding carboxylic acids is 1. The smallest absolute Gasteiger partial charge is 0.305 e. The van der Waals surface area contributed by atoms with Gasteiger partial charge in [0, 0.05) is 6.07 Å². The third kappa shape index (κ3) is 3.72. The van der Waals surface area contributed by atoms with Crippen LogP contribution in [0.4, 0.5) is 8.78 Å². The van der Waals surface area contributed by atoms with Gasteiger partial charge in [-0.25, -0.2) is 8.78 Å². The number of aliphatic carboxylic acids is 1. The van der Waals surface area contributed by atoms with Crippen molar-refractivity contribution >= 4 is 11.9 Å². The molecule has 0 aliphatic heterocycles. The third-order valence-electron chi connectivity index (χ3n) is 3.76. The monoisotopic (exact) mass is 313 g/mol. The van der Waals surface area contributed by atoms with E-state index in [4.69, 9.17) is 9.84 Å². The summed E-state index contributed by atoms with van der Waals surface area (Å²) in [6, 6.07) is 2.99. The van der Waals surface area contributed by atoms with Crippen LogP contribution >= 0.6 is 0 Å². The molecule has 0 saturated heterocycles. The lowest BCUT2D eigenvalue weighted by atomic mass is 9.74. The third-order valence-corrected chi connectivity index (χ3v) is 3.76. The predicted octanol–water partition coefficient (Wildman–Crippen LogP) is 2.25. The van der Waals surface area contributed by atoms with Crippen molar-refractivity contribution in [3.05, 3.63) is 29.8 Å². The van der Waals surface area contributed by atoms with Gasteiger partial charge in [-0.2, -0.15) is 0 Å². The van der Waals surface area contributed by atoms with Gasteiger partial charge in [-0.1, -0.05) is 0 Å². The molecule has 1 aliphatic rings. The second kappa shape index (κ2) is 6.29. The van der Waals surface area contributed by atoms with E-state index in [-0.39, 0.29) is 12.2 Å². The van der Waals surface area contributed by atoms with E-state index in [2.05, 4.69) is 5.32 Å². The van der Waals surface area contributed by atoms with E-state index in [1.54, 1.807) is 0 Å². The van der Waals surface area contributed by atoms with Gasteiger partial charge in [0.1, 0.15) is 5.75 Å². The number of benzene rings is 1. The molecular formula is C15H17F2NO4. The number of nitrogens with one attached hydrogen (secondary N) is 1. The largest absolute Gasteiger partial charge is 0.481 e. The number of carboxylic acid groups (broad SMARTS) is 1. The fraction of sp³-hybridized carbons (Fsp3) is 0.467. The fourth-order valence-corrected chi connectivity index (χ4v) is 2.41. The summed E-state index contributed by atoms with van der Waals surface area (Å²) in [6.45, 7) is 1.46. The van der Waals surface area contributed by atoms with E-state index in [1.165, 1.54) is 13.0 Å². The Morgan fingerprint density at radius 3 is 2.55 bits per heavy atom. The molecular weight excluding hydrogens is 296 g/mol. The van der Waals surface area contributed by atoms with Crippen LogP contribution in [0.2, 0.25) is 0 Å². The van der Waals surface area contributed by atoms with Crippen LogP contribution in [-0.2, 0) is 9.59 Å². The number of carbonyl (C=O) groups is 2. The summed E-state index contributed by atoms with van der Waals surface area (Å²) >= 11 is 0. The molecule has 1 unspecified atom stereocenters. The van der Waals surface area contributed by atoms with Crippen LogP contribution in [0.3, 0.4) is 0 Å². The molecule has 0 bridgehead atoms. The maximum atomic E-state index is 13.1. The van der Waals surface area contributed by atoms with Crippen molar-refractivity contribution < 1.29 is 28.2 Å². The van der Waals surface area contributed by atoms with Crippen LogP contribution in [0.15, 0.2) is 18.2 Å². The summed E-state index contributed by atoms with van der Waals surface area (Å²) in [5.41, 5.74) is -0.728. The van der Waals surface area contributed by atoms with Crippen molar-refractivity contribution in [3.8, 4) is 5.75 Å². The SMILES string of the molecule is CC(Oc1ccc(F)c(F)c1)C(=O)NC1(CC(=O)O)CCC1. The number of amides is 1. The highest BCUT2D eigenvalue weighted by Crippen LogP contribution is 2.35. The minimum atomic E-state index is -1.06. The minimum absolute atomic E-state index is 0.0300. The normalized spacial score (nSPS) is 17.2. The zero-order valence-electron chi connectivity index (χ0n) is 12.1. The highest BCUT2D eigenvalue weighted by Gasteiger charge is 2.41. The van der Waals surface area contributed by atoms with Gasteiger partial charge in [0.05, 0.1) is 12.0 Å². The number of hydrogen-bond acceptors (Lipinski definition) is 3. The van der Waals surface area contributed by atoms with Gasteiger partial charge in [0.15, 0.2) is 17.7 Å². The summed E-state index contributed by atoms with van der Waals surface area (Å²) in [5.74, 6) is -3.49. The van der Waals surface area contributed by atoms with E-state index >= 15 is 0 Å². The Balaban J connectivity index is 1.96. The number of ether oxygens (including phenoxy) is 1. The van der Waals surface area contributed by atoms with E-state index < -0.39 is 35.2 Å². The molecule has 1 saturated carbocycles. The standard InChI is InChI=1S/C15H17F2NO4/c1-9(22-10-3-4-11(16)12(17)7-10)14(21)18-15(5-2-6-15)8-13(19)20/h3-4,7,9H,2,5-6,8H2,1H3,(H,18,21)(H,19,20). The number of rotatable bonds is 6. The summed E-state index contributed by atoms with van der Waals surface area (Å²) in [7, 11) is 0. The molecule has 1 amide bonds. The first-order chi connectivity index (χ1) is 10.3. The van der Waals surface area contributed by atoms with E-state index in [1.807, 2.05) is 0 Å². The van der Waals surface area contributed by atoms with Crippen molar-refractivity contribution in [2.24, 2.45) is 0 Å². The second-order valence-electron chi connectivity index (χ2n) is 5.53. The van der Waals surface area contributed by atoms with Crippen LogP contribution < -0.4 is 10.1 Å². The van der Waals surface area contributed by atoms with Gasteiger partial charge in [-0.3, -0.25) is 9.59 Å². The average Bonchev–Trinajstić information content (AvgIpc) is 2.39. The molecule has 0 heterocycles. The van der Waals surface area contributed by atoms with E-state index in [0.717, 1.165) is 18.6 Å². The first-order valence-electron chi connectivity index (χ1n) is 6.97. The molecule has 2 N–H and O–H groups in total. The molecule has 5 nitrogen and oxygen atoms in total. The molecule has 1 atom stereocenters. The van der Waals surface area contributed by atoms with Crippen molar-refractivity contribution in [1.82, 2.24) is 5.32 Å². The van der Waals surface area contributed by atoms with Crippen LogP contribution in [0, 0.1) is 11.6 Å². The predicted molar refractivity (Wildman–Crippen MR) is 73.4 cm³/mol. The summed E-state index contributed by atoms with van der Waals surface area (Å²) in [6.07, 6.45) is 0.963. The van der Waals surface area contributed by atoms with Gasteiger partial charge in [-0.15, -0.1) is 0 Å². The first kappa shape index (κ1) is 16.2.